The average molecular weight is 333 g/mol. The van der Waals surface area contributed by atoms with E-state index >= 15 is 0 Å². The van der Waals surface area contributed by atoms with Gasteiger partial charge in [-0.2, -0.15) is 0 Å². The Balaban J connectivity index is 1.77. The SMILES string of the molecule is CC(C)(C)[Si](C)(C)OCCC1C=CCC1OCc1ccccc1. The van der Waals surface area contributed by atoms with Gasteiger partial charge in [-0.1, -0.05) is 63.3 Å². The van der Waals surface area contributed by atoms with Gasteiger partial charge in [-0.3, -0.25) is 0 Å². The van der Waals surface area contributed by atoms with Crippen LogP contribution in [0, 0.1) is 5.92 Å². The Labute approximate surface area is 143 Å². The molecule has 0 spiro atoms. The van der Waals surface area contributed by atoms with Crippen molar-refractivity contribution in [1.82, 2.24) is 0 Å². The summed E-state index contributed by atoms with van der Waals surface area (Å²) in [6, 6.07) is 10.4. The molecule has 0 saturated heterocycles. The van der Waals surface area contributed by atoms with E-state index in [9.17, 15) is 0 Å². The Morgan fingerprint density at radius 1 is 1.13 bits per heavy atom. The second kappa shape index (κ2) is 7.78. The molecule has 0 fully saturated rings. The van der Waals surface area contributed by atoms with Gasteiger partial charge in [0.25, 0.3) is 0 Å². The van der Waals surface area contributed by atoms with Crippen LogP contribution in [0.4, 0.5) is 0 Å². The van der Waals surface area contributed by atoms with Gasteiger partial charge in [-0.25, -0.2) is 0 Å². The fourth-order valence-corrected chi connectivity index (χ4v) is 3.67. The molecule has 3 heteroatoms. The Morgan fingerprint density at radius 2 is 1.83 bits per heavy atom. The van der Waals surface area contributed by atoms with Crippen molar-refractivity contribution in [2.75, 3.05) is 6.61 Å². The lowest BCUT2D eigenvalue weighted by molar-refractivity contribution is 0.0166. The van der Waals surface area contributed by atoms with Gasteiger partial charge >= 0.3 is 0 Å². The van der Waals surface area contributed by atoms with E-state index in [2.05, 4.69) is 70.3 Å². The molecule has 0 aromatic heterocycles. The molecule has 1 aliphatic carbocycles. The van der Waals surface area contributed by atoms with Gasteiger partial charge in [-0.15, -0.1) is 0 Å². The predicted octanol–water partition coefficient (Wildman–Crippen LogP) is 5.56. The van der Waals surface area contributed by atoms with E-state index in [0.717, 1.165) is 19.4 Å². The number of rotatable bonds is 7. The third-order valence-electron chi connectivity index (χ3n) is 5.26. The summed E-state index contributed by atoms with van der Waals surface area (Å²) < 4.78 is 12.5. The molecule has 0 saturated carbocycles. The smallest absolute Gasteiger partial charge is 0.191 e. The van der Waals surface area contributed by atoms with Crippen molar-refractivity contribution in [2.24, 2.45) is 5.92 Å². The fourth-order valence-electron chi connectivity index (χ4n) is 2.60. The summed E-state index contributed by atoms with van der Waals surface area (Å²) in [7, 11) is -1.63. The molecule has 0 amide bonds. The van der Waals surface area contributed by atoms with Crippen LogP contribution in [-0.2, 0) is 15.8 Å². The van der Waals surface area contributed by atoms with Crippen molar-refractivity contribution in [2.45, 2.75) is 64.5 Å². The Morgan fingerprint density at radius 3 is 2.48 bits per heavy atom. The summed E-state index contributed by atoms with van der Waals surface area (Å²) in [5.41, 5.74) is 1.25. The highest BCUT2D eigenvalue weighted by molar-refractivity contribution is 6.74. The average Bonchev–Trinajstić information content (AvgIpc) is 2.92. The molecular weight excluding hydrogens is 300 g/mol. The van der Waals surface area contributed by atoms with Crippen LogP contribution in [0.15, 0.2) is 42.5 Å². The third-order valence-corrected chi connectivity index (χ3v) is 9.79. The summed E-state index contributed by atoms with van der Waals surface area (Å²) in [6.07, 6.45) is 6.95. The van der Waals surface area contributed by atoms with Crippen LogP contribution in [0.3, 0.4) is 0 Å². The number of hydrogen-bond donors (Lipinski definition) is 0. The molecule has 23 heavy (non-hydrogen) atoms. The Hall–Kier alpha value is -0.903. The van der Waals surface area contributed by atoms with E-state index in [4.69, 9.17) is 9.16 Å². The summed E-state index contributed by atoms with van der Waals surface area (Å²) in [5.74, 6) is 0.489. The van der Waals surface area contributed by atoms with Gasteiger partial charge in [-0.05, 0) is 36.5 Å². The Bertz CT molecular complexity index is 502. The quantitative estimate of drug-likeness (QED) is 0.481. The molecule has 2 atom stereocenters. The lowest BCUT2D eigenvalue weighted by Gasteiger charge is -2.36. The third kappa shape index (κ3) is 5.30. The van der Waals surface area contributed by atoms with Gasteiger partial charge in [0.15, 0.2) is 8.32 Å². The van der Waals surface area contributed by atoms with Crippen molar-refractivity contribution in [3.8, 4) is 0 Å². The van der Waals surface area contributed by atoms with Gasteiger partial charge in [0.05, 0.1) is 12.7 Å². The van der Waals surface area contributed by atoms with Crippen LogP contribution in [0.1, 0.15) is 39.2 Å². The molecule has 0 aliphatic heterocycles. The van der Waals surface area contributed by atoms with Crippen molar-refractivity contribution >= 4 is 8.32 Å². The molecule has 1 aromatic carbocycles. The molecule has 2 unspecified atom stereocenters. The summed E-state index contributed by atoms with van der Waals surface area (Å²) in [5, 5.41) is 0.279. The first kappa shape index (κ1) is 18.4. The molecule has 0 N–H and O–H groups in total. The van der Waals surface area contributed by atoms with E-state index < -0.39 is 8.32 Å². The fraction of sp³-hybridized carbons (Fsp3) is 0.600. The minimum atomic E-state index is -1.63. The van der Waals surface area contributed by atoms with Gasteiger partial charge in [0.1, 0.15) is 0 Å². The minimum absolute atomic E-state index is 0.279. The zero-order valence-electron chi connectivity index (χ0n) is 15.3. The first-order valence-corrected chi connectivity index (χ1v) is 11.7. The van der Waals surface area contributed by atoms with Gasteiger partial charge < -0.3 is 9.16 Å². The number of ether oxygens (including phenoxy) is 1. The first-order chi connectivity index (χ1) is 10.8. The highest BCUT2D eigenvalue weighted by Crippen LogP contribution is 2.37. The molecule has 2 nitrogen and oxygen atoms in total. The normalized spacial score (nSPS) is 21.8. The van der Waals surface area contributed by atoms with Crippen molar-refractivity contribution < 1.29 is 9.16 Å². The maximum absolute atomic E-state index is 6.32. The van der Waals surface area contributed by atoms with Crippen LogP contribution in [0.25, 0.3) is 0 Å². The minimum Gasteiger partial charge on any atom is -0.417 e. The number of benzene rings is 1. The first-order valence-electron chi connectivity index (χ1n) is 8.76. The van der Waals surface area contributed by atoms with Crippen LogP contribution < -0.4 is 0 Å². The summed E-state index contributed by atoms with van der Waals surface area (Å²) in [6.45, 7) is 13.1. The Kier molecular flexibility index (Phi) is 6.23. The van der Waals surface area contributed by atoms with Crippen molar-refractivity contribution in [3.05, 3.63) is 48.0 Å². The van der Waals surface area contributed by atoms with E-state index in [1.807, 2.05) is 6.07 Å². The van der Waals surface area contributed by atoms with Crippen LogP contribution in [0.5, 0.6) is 0 Å². The number of hydrogen-bond acceptors (Lipinski definition) is 2. The van der Waals surface area contributed by atoms with E-state index in [1.54, 1.807) is 0 Å². The van der Waals surface area contributed by atoms with Crippen molar-refractivity contribution in [1.29, 1.82) is 0 Å². The largest absolute Gasteiger partial charge is 0.417 e. The van der Waals surface area contributed by atoms with E-state index in [-0.39, 0.29) is 5.04 Å². The molecule has 128 valence electrons. The molecule has 1 aromatic rings. The second-order valence-electron chi connectivity index (χ2n) is 8.06. The van der Waals surface area contributed by atoms with Crippen LogP contribution in [-0.4, -0.2) is 21.0 Å². The molecule has 1 aliphatic rings. The monoisotopic (exact) mass is 332 g/mol. The summed E-state index contributed by atoms with van der Waals surface area (Å²) >= 11 is 0. The van der Waals surface area contributed by atoms with E-state index in [1.165, 1.54) is 5.56 Å². The topological polar surface area (TPSA) is 18.5 Å². The standard InChI is InChI=1S/C20H32O2Si/c1-20(2,3)23(4,5)22-15-14-18-12-9-13-19(18)21-16-17-10-7-6-8-11-17/h6-12,18-19H,13-16H2,1-5H3. The lowest BCUT2D eigenvalue weighted by Crippen LogP contribution is -2.41. The maximum Gasteiger partial charge on any atom is 0.191 e. The second-order valence-corrected chi connectivity index (χ2v) is 12.9. The highest BCUT2D eigenvalue weighted by Gasteiger charge is 2.37. The predicted molar refractivity (Wildman–Crippen MR) is 100 cm³/mol. The highest BCUT2D eigenvalue weighted by atomic mass is 28.4. The summed E-state index contributed by atoms with van der Waals surface area (Å²) in [4.78, 5) is 0. The van der Waals surface area contributed by atoms with Crippen LogP contribution >= 0.6 is 0 Å². The zero-order chi connectivity index (χ0) is 16.9. The molecule has 2 rings (SSSR count). The van der Waals surface area contributed by atoms with Gasteiger partial charge in [0, 0.05) is 12.5 Å². The van der Waals surface area contributed by atoms with E-state index in [0.29, 0.717) is 18.6 Å². The molecule has 0 heterocycles. The molecular formula is C20H32O2Si. The molecule has 0 radical (unpaired) electrons. The molecule has 0 bridgehead atoms. The maximum atomic E-state index is 6.32. The zero-order valence-corrected chi connectivity index (χ0v) is 16.3. The van der Waals surface area contributed by atoms with Crippen LogP contribution in [0.2, 0.25) is 18.1 Å². The van der Waals surface area contributed by atoms with Crippen molar-refractivity contribution in [3.63, 3.8) is 0 Å². The lowest BCUT2D eigenvalue weighted by atomic mass is 10.0. The van der Waals surface area contributed by atoms with Gasteiger partial charge in [0.2, 0.25) is 0 Å².